The van der Waals surface area contributed by atoms with Crippen LogP contribution < -0.4 is 10.4 Å². The van der Waals surface area contributed by atoms with E-state index in [0.29, 0.717) is 6.67 Å². The Morgan fingerprint density at radius 1 is 1.07 bits per heavy atom. The smallest absolute Gasteiger partial charge is 0.277 e. The van der Waals surface area contributed by atoms with Gasteiger partial charge in [0.1, 0.15) is 6.67 Å². The summed E-state index contributed by atoms with van der Waals surface area (Å²) in [4.78, 5) is 27.6. The highest BCUT2D eigenvalue weighted by molar-refractivity contribution is 7.98. The lowest BCUT2D eigenvalue weighted by molar-refractivity contribution is 0.0726. The van der Waals surface area contributed by atoms with Crippen molar-refractivity contribution in [2.24, 2.45) is 0 Å². The fraction of sp³-hybridized carbons (Fsp3) is 0.217. The zero-order chi connectivity index (χ0) is 21.0. The van der Waals surface area contributed by atoms with Crippen LogP contribution in [0.15, 0.2) is 64.4 Å². The molecule has 5 rings (SSSR count). The van der Waals surface area contributed by atoms with E-state index in [-0.39, 0.29) is 17.6 Å². The number of carbonyl (C=O) groups excluding carboxylic acids is 1. The monoisotopic (exact) mass is 419 g/mol. The number of aromatic hydroxyl groups is 1. The Balaban J connectivity index is 1.79. The summed E-state index contributed by atoms with van der Waals surface area (Å²) in [6.07, 6.45) is 1.58. The van der Waals surface area contributed by atoms with E-state index in [1.54, 1.807) is 29.7 Å². The standard InChI is InChI=1S/C23H21N3O3S/c1-14-7-8-17-19(11-14)30-12-15-5-3-4-6-16(15)20(17)26-13-24(2)23(29)21-22(28)18(27)9-10-25(21)26/h3-11,20,28H,12-13H2,1-2H3. The normalized spacial score (nSPS) is 17.8. The van der Waals surface area contributed by atoms with Gasteiger partial charge in [0, 0.05) is 30.0 Å². The summed E-state index contributed by atoms with van der Waals surface area (Å²) in [5.41, 5.74) is 4.16. The minimum atomic E-state index is -0.558. The quantitative estimate of drug-likeness (QED) is 0.656. The predicted molar refractivity (Wildman–Crippen MR) is 117 cm³/mol. The molecule has 152 valence electrons. The van der Waals surface area contributed by atoms with Crippen LogP contribution in [0.1, 0.15) is 38.8 Å². The van der Waals surface area contributed by atoms with Crippen molar-refractivity contribution in [2.75, 3.05) is 18.7 Å². The minimum Gasteiger partial charge on any atom is -0.502 e. The summed E-state index contributed by atoms with van der Waals surface area (Å²) in [7, 11) is 1.68. The highest BCUT2D eigenvalue weighted by Crippen LogP contribution is 2.43. The van der Waals surface area contributed by atoms with Crippen molar-refractivity contribution in [2.45, 2.75) is 23.6 Å². The molecule has 1 N–H and O–H groups in total. The number of hydrogen-bond acceptors (Lipinski definition) is 5. The van der Waals surface area contributed by atoms with Gasteiger partial charge < -0.3 is 10.0 Å². The molecule has 30 heavy (non-hydrogen) atoms. The van der Waals surface area contributed by atoms with Crippen LogP contribution in [0.5, 0.6) is 5.75 Å². The summed E-state index contributed by atoms with van der Waals surface area (Å²) < 4.78 is 1.64. The van der Waals surface area contributed by atoms with Gasteiger partial charge >= 0.3 is 0 Å². The lowest BCUT2D eigenvalue weighted by atomic mass is 9.94. The zero-order valence-corrected chi connectivity index (χ0v) is 17.5. The number of pyridine rings is 1. The molecular weight excluding hydrogens is 398 g/mol. The molecule has 3 aromatic rings. The van der Waals surface area contributed by atoms with Crippen molar-refractivity contribution < 1.29 is 9.90 Å². The first-order valence-corrected chi connectivity index (χ1v) is 10.7. The number of thioether (sulfide) groups is 1. The molecule has 1 amide bonds. The van der Waals surface area contributed by atoms with Crippen LogP contribution >= 0.6 is 11.8 Å². The lowest BCUT2D eigenvalue weighted by Gasteiger charge is -2.43. The van der Waals surface area contributed by atoms with Crippen LogP contribution in [0, 0.1) is 6.92 Å². The molecule has 0 spiro atoms. The zero-order valence-electron chi connectivity index (χ0n) is 16.7. The Morgan fingerprint density at radius 3 is 2.70 bits per heavy atom. The van der Waals surface area contributed by atoms with Crippen LogP contribution in [0.2, 0.25) is 0 Å². The highest BCUT2D eigenvalue weighted by Gasteiger charge is 2.37. The average Bonchev–Trinajstić information content (AvgIpc) is 2.89. The molecular formula is C23H21N3O3S. The minimum absolute atomic E-state index is 0.000655. The van der Waals surface area contributed by atoms with Gasteiger partial charge in [-0.1, -0.05) is 36.4 Å². The molecule has 2 aliphatic heterocycles. The van der Waals surface area contributed by atoms with E-state index in [0.717, 1.165) is 16.9 Å². The Bertz CT molecular complexity index is 1240. The first kappa shape index (κ1) is 18.8. The number of aryl methyl sites for hydroxylation is 1. The van der Waals surface area contributed by atoms with Gasteiger partial charge in [-0.3, -0.25) is 19.3 Å². The summed E-state index contributed by atoms with van der Waals surface area (Å²) in [6, 6.07) is 15.9. The van der Waals surface area contributed by atoms with Crippen LogP contribution in [0.25, 0.3) is 0 Å². The second-order valence-electron chi connectivity index (χ2n) is 7.74. The maximum atomic E-state index is 12.8. The van der Waals surface area contributed by atoms with Gasteiger partial charge in [0.05, 0.1) is 6.04 Å². The van der Waals surface area contributed by atoms with Gasteiger partial charge in [0.15, 0.2) is 11.4 Å². The molecule has 2 aliphatic rings. The summed E-state index contributed by atoms with van der Waals surface area (Å²) in [6.45, 7) is 2.41. The first-order chi connectivity index (χ1) is 14.5. The van der Waals surface area contributed by atoms with E-state index < -0.39 is 11.2 Å². The largest absolute Gasteiger partial charge is 0.502 e. The van der Waals surface area contributed by atoms with Crippen LogP contribution in [-0.2, 0) is 5.75 Å². The van der Waals surface area contributed by atoms with E-state index in [9.17, 15) is 14.7 Å². The summed E-state index contributed by atoms with van der Waals surface area (Å²) in [5, 5.41) is 12.5. The Morgan fingerprint density at radius 2 is 1.87 bits per heavy atom. The fourth-order valence-electron chi connectivity index (χ4n) is 4.24. The van der Waals surface area contributed by atoms with Gasteiger partial charge in [0.2, 0.25) is 5.43 Å². The van der Waals surface area contributed by atoms with Gasteiger partial charge in [-0.2, -0.15) is 0 Å². The molecule has 2 aromatic carbocycles. The van der Waals surface area contributed by atoms with E-state index in [4.69, 9.17) is 0 Å². The first-order valence-electron chi connectivity index (χ1n) is 9.74. The molecule has 0 fully saturated rings. The number of amides is 1. The third-order valence-corrected chi connectivity index (χ3v) is 6.85. The van der Waals surface area contributed by atoms with Crippen molar-refractivity contribution in [3.8, 4) is 5.75 Å². The van der Waals surface area contributed by atoms with Crippen LogP contribution in [0.4, 0.5) is 0 Å². The maximum Gasteiger partial charge on any atom is 0.277 e. The molecule has 0 saturated carbocycles. The lowest BCUT2D eigenvalue weighted by Crippen LogP contribution is -2.54. The van der Waals surface area contributed by atoms with Crippen LogP contribution in [0.3, 0.4) is 0 Å². The van der Waals surface area contributed by atoms with E-state index in [1.807, 2.05) is 17.1 Å². The number of fused-ring (bicyclic) bond motifs is 3. The third-order valence-electron chi connectivity index (χ3n) is 5.73. The molecule has 1 atom stereocenters. The molecule has 6 nitrogen and oxygen atoms in total. The Labute approximate surface area is 178 Å². The van der Waals surface area contributed by atoms with Gasteiger partial charge in [-0.25, -0.2) is 0 Å². The molecule has 0 saturated heterocycles. The van der Waals surface area contributed by atoms with Crippen molar-refractivity contribution in [1.29, 1.82) is 0 Å². The van der Waals surface area contributed by atoms with Crippen LogP contribution in [-0.4, -0.2) is 34.3 Å². The maximum absolute atomic E-state index is 12.8. The number of nitrogens with zero attached hydrogens (tertiary/aromatic N) is 3. The Hall–Kier alpha value is -3.19. The number of carbonyl (C=O) groups is 1. The molecule has 0 radical (unpaired) electrons. The number of rotatable bonds is 1. The second kappa shape index (κ2) is 6.95. The van der Waals surface area contributed by atoms with Gasteiger partial charge in [-0.05, 0) is 35.2 Å². The molecule has 0 aliphatic carbocycles. The number of benzene rings is 2. The highest BCUT2D eigenvalue weighted by atomic mass is 32.2. The summed E-state index contributed by atoms with van der Waals surface area (Å²) in [5.74, 6) is -0.0325. The van der Waals surface area contributed by atoms with Crippen molar-refractivity contribution >= 4 is 17.7 Å². The molecule has 3 heterocycles. The fourth-order valence-corrected chi connectivity index (χ4v) is 5.43. The topological polar surface area (TPSA) is 65.8 Å². The van der Waals surface area contributed by atoms with Gasteiger partial charge in [0.25, 0.3) is 5.91 Å². The van der Waals surface area contributed by atoms with Crippen molar-refractivity contribution in [3.63, 3.8) is 0 Å². The third kappa shape index (κ3) is 2.81. The molecule has 1 unspecified atom stereocenters. The predicted octanol–water partition coefficient (Wildman–Crippen LogP) is 3.24. The van der Waals surface area contributed by atoms with E-state index in [2.05, 4.69) is 37.3 Å². The molecule has 0 bridgehead atoms. The number of hydrogen-bond donors (Lipinski definition) is 1. The number of aromatic nitrogens is 1. The second-order valence-corrected chi connectivity index (χ2v) is 8.75. The van der Waals surface area contributed by atoms with E-state index >= 15 is 0 Å². The molecule has 7 heteroatoms. The SMILES string of the molecule is Cc1ccc2c(c1)SCc1ccccc1C2N1CN(C)C(=O)c2c(O)c(=O)ccn21. The van der Waals surface area contributed by atoms with E-state index in [1.165, 1.54) is 27.0 Å². The average molecular weight is 420 g/mol. The van der Waals surface area contributed by atoms with Crippen molar-refractivity contribution in [1.82, 2.24) is 9.58 Å². The molecule has 1 aromatic heterocycles. The van der Waals surface area contributed by atoms with Crippen molar-refractivity contribution in [3.05, 3.63) is 92.9 Å². The summed E-state index contributed by atoms with van der Waals surface area (Å²) >= 11 is 1.81. The van der Waals surface area contributed by atoms with Gasteiger partial charge in [-0.15, -0.1) is 11.8 Å². The Kier molecular flexibility index (Phi) is 4.36.